The highest BCUT2D eigenvalue weighted by Gasteiger charge is 2.20. The van der Waals surface area contributed by atoms with E-state index in [0.717, 1.165) is 0 Å². The fourth-order valence-electron chi connectivity index (χ4n) is 2.98. The second-order valence-corrected chi connectivity index (χ2v) is 7.18. The Kier molecular flexibility index (Phi) is 11.0. The Morgan fingerprint density at radius 1 is 0.536 bits per heavy atom. The third-order valence-electron chi connectivity index (χ3n) is 4.37. The van der Waals surface area contributed by atoms with E-state index in [1.165, 1.54) is 0 Å². The Balaban J connectivity index is 2.90. The van der Waals surface area contributed by atoms with E-state index in [1.807, 2.05) is 4.90 Å². The molecule has 0 bridgehead atoms. The normalized spacial score (nSPS) is 19.5. The molecule has 0 atom stereocenters. The van der Waals surface area contributed by atoms with Crippen molar-refractivity contribution in [1.29, 1.82) is 0 Å². The van der Waals surface area contributed by atoms with E-state index in [1.54, 1.807) is 14.7 Å². The van der Waals surface area contributed by atoms with E-state index in [9.17, 15) is 19.2 Å². The van der Waals surface area contributed by atoms with Crippen molar-refractivity contribution in [2.75, 3.05) is 78.5 Å². The summed E-state index contributed by atoms with van der Waals surface area (Å²) < 4.78 is 0. The van der Waals surface area contributed by atoms with E-state index < -0.39 is 17.9 Å². The summed E-state index contributed by atoms with van der Waals surface area (Å²) in [6, 6.07) is 0. The third-order valence-corrected chi connectivity index (χ3v) is 4.51. The highest BCUT2D eigenvalue weighted by Crippen LogP contribution is 2.02. The largest absolute Gasteiger partial charge is 0.480 e. The van der Waals surface area contributed by atoms with Gasteiger partial charge in [-0.2, -0.15) is 0 Å². The molecular formula is C16H28N4O7S. The van der Waals surface area contributed by atoms with Crippen molar-refractivity contribution < 1.29 is 34.5 Å². The molecule has 0 unspecified atom stereocenters. The molecule has 28 heavy (non-hydrogen) atoms. The van der Waals surface area contributed by atoms with Crippen LogP contribution in [0.25, 0.3) is 0 Å². The Bertz CT molecular complexity index is 451. The molecule has 12 heteroatoms. The van der Waals surface area contributed by atoms with Crippen LogP contribution in [0.15, 0.2) is 0 Å². The molecule has 1 rings (SSSR count). The highest BCUT2D eigenvalue weighted by atomic mass is 32.1. The standard InChI is InChI=1S/C16H28N4O7S/c21-13(22)9-17-1-3-18(10-14(23)24)5-7-20(12-16(27)28)8-6-19(4-2-17)11-15(25)26/h1-12H2,(H,21,22)(H,23,24)(H,25,26)(H,27,28). The number of nitrogens with zero attached hydrogens (tertiary/aromatic N) is 4. The predicted octanol–water partition coefficient (Wildman–Crippen LogP) is -2.08. The van der Waals surface area contributed by atoms with Gasteiger partial charge in [-0.05, 0) is 0 Å². The van der Waals surface area contributed by atoms with Crippen LogP contribution in [0.1, 0.15) is 0 Å². The van der Waals surface area contributed by atoms with Gasteiger partial charge < -0.3 is 15.3 Å². The van der Waals surface area contributed by atoms with Gasteiger partial charge in [0, 0.05) is 52.4 Å². The van der Waals surface area contributed by atoms with Crippen molar-refractivity contribution in [2.45, 2.75) is 0 Å². The highest BCUT2D eigenvalue weighted by molar-refractivity contribution is 7.96. The van der Waals surface area contributed by atoms with Crippen LogP contribution >= 0.6 is 12.6 Å². The summed E-state index contributed by atoms with van der Waals surface area (Å²) in [7, 11) is 0. The summed E-state index contributed by atoms with van der Waals surface area (Å²) >= 11 is 3.80. The summed E-state index contributed by atoms with van der Waals surface area (Å²) in [5, 5.41) is 27.0. The zero-order valence-electron chi connectivity index (χ0n) is 15.7. The fraction of sp³-hybridized carbons (Fsp3) is 0.750. The number of carboxylic acid groups (broad SMARTS) is 3. The Morgan fingerprint density at radius 3 is 0.929 bits per heavy atom. The lowest BCUT2D eigenvalue weighted by Gasteiger charge is -2.32. The number of carboxylic acids is 3. The van der Waals surface area contributed by atoms with Gasteiger partial charge in [-0.25, -0.2) is 0 Å². The molecule has 0 radical (unpaired) electrons. The average Bonchev–Trinajstić information content (AvgIpc) is 2.55. The minimum absolute atomic E-state index is 0.0794. The second kappa shape index (κ2) is 12.7. The maximum Gasteiger partial charge on any atom is 0.317 e. The number of aliphatic carboxylic acids is 3. The minimum Gasteiger partial charge on any atom is -0.480 e. The van der Waals surface area contributed by atoms with E-state index in [-0.39, 0.29) is 31.3 Å². The van der Waals surface area contributed by atoms with Crippen LogP contribution in [0.5, 0.6) is 0 Å². The summed E-state index contributed by atoms with van der Waals surface area (Å²) in [4.78, 5) is 51.6. The van der Waals surface area contributed by atoms with Gasteiger partial charge in [0.15, 0.2) is 5.12 Å². The molecule has 0 saturated carbocycles. The van der Waals surface area contributed by atoms with Crippen molar-refractivity contribution in [3.63, 3.8) is 0 Å². The summed E-state index contributed by atoms with van der Waals surface area (Å²) in [6.07, 6.45) is 0. The Morgan fingerprint density at radius 2 is 0.750 bits per heavy atom. The monoisotopic (exact) mass is 420 g/mol. The molecule has 3 N–H and O–H groups in total. The SMILES string of the molecule is O=C(O)CN1CCN(CC(=O)O)CCN(CC(=O)S)CCN(CC(=O)O)CC1. The topological polar surface area (TPSA) is 142 Å². The molecule has 1 heterocycles. The van der Waals surface area contributed by atoms with Crippen molar-refractivity contribution in [3.8, 4) is 0 Å². The number of carbonyl (C=O) groups is 4. The van der Waals surface area contributed by atoms with Crippen molar-refractivity contribution >= 4 is 35.7 Å². The number of hydrogen-bond donors (Lipinski definition) is 4. The maximum atomic E-state index is 11.4. The van der Waals surface area contributed by atoms with Crippen molar-refractivity contribution in [2.24, 2.45) is 0 Å². The van der Waals surface area contributed by atoms with Gasteiger partial charge in [-0.15, -0.1) is 12.6 Å². The zero-order chi connectivity index (χ0) is 21.1. The van der Waals surface area contributed by atoms with Gasteiger partial charge in [0.1, 0.15) is 0 Å². The first-order chi connectivity index (χ1) is 13.2. The number of hydrogen-bond acceptors (Lipinski definition) is 8. The molecule has 0 spiro atoms. The molecule has 1 aliphatic heterocycles. The molecule has 1 fully saturated rings. The van der Waals surface area contributed by atoms with E-state index in [4.69, 9.17) is 15.3 Å². The van der Waals surface area contributed by atoms with Gasteiger partial charge in [-0.1, -0.05) is 0 Å². The van der Waals surface area contributed by atoms with Crippen molar-refractivity contribution in [3.05, 3.63) is 0 Å². The van der Waals surface area contributed by atoms with Gasteiger partial charge in [0.2, 0.25) is 0 Å². The fourth-order valence-corrected chi connectivity index (χ4v) is 3.18. The molecule has 160 valence electrons. The van der Waals surface area contributed by atoms with Crippen LogP contribution in [0.4, 0.5) is 0 Å². The minimum atomic E-state index is -1.000. The first-order valence-electron chi connectivity index (χ1n) is 8.92. The van der Waals surface area contributed by atoms with Crippen LogP contribution in [0.3, 0.4) is 0 Å². The second-order valence-electron chi connectivity index (χ2n) is 6.68. The van der Waals surface area contributed by atoms with Gasteiger partial charge in [0.05, 0.1) is 26.2 Å². The van der Waals surface area contributed by atoms with Crippen LogP contribution in [0, 0.1) is 0 Å². The lowest BCUT2D eigenvalue weighted by atomic mass is 10.3. The van der Waals surface area contributed by atoms with Crippen LogP contribution in [-0.4, -0.2) is 136 Å². The Hall–Kier alpha value is -1.73. The number of carbonyl (C=O) groups excluding carboxylic acids is 1. The molecule has 0 aromatic rings. The smallest absolute Gasteiger partial charge is 0.317 e. The van der Waals surface area contributed by atoms with Crippen molar-refractivity contribution in [1.82, 2.24) is 19.6 Å². The lowest BCUT2D eigenvalue weighted by molar-refractivity contribution is -0.140. The lowest BCUT2D eigenvalue weighted by Crippen LogP contribution is -2.48. The number of thiol groups is 1. The zero-order valence-corrected chi connectivity index (χ0v) is 16.6. The first-order valence-corrected chi connectivity index (χ1v) is 9.37. The van der Waals surface area contributed by atoms with Crippen LogP contribution in [-0.2, 0) is 19.2 Å². The Labute approximate surface area is 168 Å². The average molecular weight is 420 g/mol. The van der Waals surface area contributed by atoms with Crippen LogP contribution in [0.2, 0.25) is 0 Å². The third kappa shape index (κ3) is 11.2. The van der Waals surface area contributed by atoms with Gasteiger partial charge in [0.25, 0.3) is 0 Å². The molecule has 1 saturated heterocycles. The maximum absolute atomic E-state index is 11.4. The molecule has 0 aromatic carbocycles. The van der Waals surface area contributed by atoms with Gasteiger partial charge >= 0.3 is 17.9 Å². The molecule has 11 nitrogen and oxygen atoms in total. The van der Waals surface area contributed by atoms with E-state index >= 15 is 0 Å². The molecule has 0 amide bonds. The number of rotatable bonds is 8. The molecule has 0 aromatic heterocycles. The molecule has 1 aliphatic rings. The summed E-state index contributed by atoms with van der Waals surface area (Å²) in [5.74, 6) is -2.97. The van der Waals surface area contributed by atoms with Crippen LogP contribution < -0.4 is 0 Å². The van der Waals surface area contributed by atoms with E-state index in [2.05, 4.69) is 12.6 Å². The quantitative estimate of drug-likeness (QED) is 0.321. The van der Waals surface area contributed by atoms with Gasteiger partial charge in [-0.3, -0.25) is 38.8 Å². The van der Waals surface area contributed by atoms with E-state index in [0.29, 0.717) is 52.4 Å². The molecular weight excluding hydrogens is 392 g/mol. The molecule has 0 aliphatic carbocycles. The predicted molar refractivity (Wildman–Crippen MR) is 103 cm³/mol. The first kappa shape index (κ1) is 24.3. The summed E-state index contributed by atoms with van der Waals surface area (Å²) in [6.45, 7) is 2.47. The summed E-state index contributed by atoms with van der Waals surface area (Å²) in [5.41, 5.74) is 0.